The van der Waals surface area contributed by atoms with Crippen molar-refractivity contribution in [3.63, 3.8) is 0 Å². The minimum absolute atomic E-state index is 0.120. The van der Waals surface area contributed by atoms with Crippen molar-refractivity contribution in [1.29, 1.82) is 0 Å². The number of nitrogens with zero attached hydrogens (tertiary/aromatic N) is 1. The standard InChI is InChI=1S/C30H43FN2O5/c1-19-15-20(2)17-22(16-19)27(35)33(28(3,4)5)32-26(34)24-12-11-21(18-37-10)23(25(24)31)13-14-38-30(8,9)29(6,7)36/h11-12,15-17,36H,13-14,18H2,1-10H3,(H,32,34). The summed E-state index contributed by atoms with van der Waals surface area (Å²) >= 11 is 0. The maximum Gasteiger partial charge on any atom is 0.272 e. The number of carbonyl (C=O) groups excluding carboxylic acids is 2. The summed E-state index contributed by atoms with van der Waals surface area (Å²) < 4.78 is 26.9. The van der Waals surface area contributed by atoms with Gasteiger partial charge >= 0.3 is 0 Å². The van der Waals surface area contributed by atoms with Crippen LogP contribution in [0.1, 0.15) is 91.4 Å². The topological polar surface area (TPSA) is 88.1 Å². The van der Waals surface area contributed by atoms with E-state index in [1.165, 1.54) is 18.2 Å². The largest absolute Gasteiger partial charge is 0.387 e. The molecule has 0 aromatic heterocycles. The van der Waals surface area contributed by atoms with Gasteiger partial charge in [0.2, 0.25) is 0 Å². The van der Waals surface area contributed by atoms with E-state index in [9.17, 15) is 14.7 Å². The van der Waals surface area contributed by atoms with E-state index in [0.717, 1.165) is 11.1 Å². The lowest BCUT2D eigenvalue weighted by atomic mass is 9.89. The number of ether oxygens (including phenoxy) is 2. The van der Waals surface area contributed by atoms with Gasteiger partial charge in [-0.25, -0.2) is 9.40 Å². The van der Waals surface area contributed by atoms with E-state index >= 15 is 4.39 Å². The van der Waals surface area contributed by atoms with Crippen molar-refractivity contribution in [2.45, 2.75) is 92.1 Å². The number of methoxy groups -OCH3 is 1. The molecule has 2 aromatic carbocycles. The molecule has 2 aromatic rings. The third-order valence-electron chi connectivity index (χ3n) is 6.73. The van der Waals surface area contributed by atoms with E-state index in [1.807, 2.05) is 19.9 Å². The van der Waals surface area contributed by atoms with E-state index in [2.05, 4.69) is 5.43 Å². The number of hydrogen-bond acceptors (Lipinski definition) is 5. The molecule has 7 nitrogen and oxygen atoms in total. The Morgan fingerprint density at radius 1 is 1.00 bits per heavy atom. The molecule has 0 aliphatic heterocycles. The van der Waals surface area contributed by atoms with Gasteiger partial charge in [0.1, 0.15) is 5.82 Å². The Hall–Kier alpha value is -2.81. The van der Waals surface area contributed by atoms with Crippen LogP contribution in [0.4, 0.5) is 4.39 Å². The molecule has 38 heavy (non-hydrogen) atoms. The van der Waals surface area contributed by atoms with E-state index in [1.54, 1.807) is 66.7 Å². The van der Waals surface area contributed by atoms with Gasteiger partial charge in [-0.1, -0.05) is 23.3 Å². The highest BCUT2D eigenvalue weighted by Gasteiger charge is 2.36. The minimum atomic E-state index is -1.11. The Kier molecular flexibility index (Phi) is 9.86. The number of hydrogen-bond donors (Lipinski definition) is 2. The van der Waals surface area contributed by atoms with Crippen molar-refractivity contribution in [2.75, 3.05) is 13.7 Å². The molecule has 0 aliphatic rings. The summed E-state index contributed by atoms with van der Waals surface area (Å²) in [5.74, 6) is -1.83. The molecule has 2 rings (SSSR count). The predicted octanol–water partition coefficient (Wildman–Crippen LogP) is 5.28. The molecule has 0 spiro atoms. The number of nitrogens with one attached hydrogen (secondary N) is 1. The van der Waals surface area contributed by atoms with Crippen LogP contribution in [0.2, 0.25) is 0 Å². The van der Waals surface area contributed by atoms with Crippen molar-refractivity contribution in [3.8, 4) is 0 Å². The quantitative estimate of drug-likeness (QED) is 0.431. The van der Waals surface area contributed by atoms with Gasteiger partial charge in [0.05, 0.1) is 35.5 Å². The number of carbonyl (C=O) groups is 2. The van der Waals surface area contributed by atoms with Gasteiger partial charge < -0.3 is 14.6 Å². The number of aryl methyl sites for hydroxylation is 2. The highest BCUT2D eigenvalue weighted by atomic mass is 19.1. The fourth-order valence-corrected chi connectivity index (χ4v) is 3.89. The van der Waals surface area contributed by atoms with Gasteiger partial charge in [0.15, 0.2) is 0 Å². The van der Waals surface area contributed by atoms with Crippen molar-refractivity contribution < 1.29 is 28.6 Å². The molecule has 0 aliphatic carbocycles. The Labute approximate surface area is 226 Å². The van der Waals surface area contributed by atoms with Crippen LogP contribution in [-0.4, -0.2) is 52.4 Å². The molecule has 0 radical (unpaired) electrons. The molecule has 0 bridgehead atoms. The maximum absolute atomic E-state index is 15.8. The highest BCUT2D eigenvalue weighted by molar-refractivity contribution is 6.00. The third-order valence-corrected chi connectivity index (χ3v) is 6.73. The first-order valence-corrected chi connectivity index (χ1v) is 12.8. The molecular formula is C30H43FN2O5. The summed E-state index contributed by atoms with van der Waals surface area (Å²) in [5.41, 5.74) is 2.84. The van der Waals surface area contributed by atoms with Crippen molar-refractivity contribution in [3.05, 3.63) is 69.5 Å². The highest BCUT2D eigenvalue weighted by Crippen LogP contribution is 2.27. The average Bonchev–Trinajstić information content (AvgIpc) is 2.76. The molecule has 0 fully saturated rings. The van der Waals surface area contributed by atoms with Crippen LogP contribution >= 0.6 is 0 Å². The second-order valence-electron chi connectivity index (χ2n) is 11.8. The number of amides is 2. The summed E-state index contributed by atoms with van der Waals surface area (Å²) in [5, 5.41) is 11.6. The van der Waals surface area contributed by atoms with Crippen LogP contribution in [0.3, 0.4) is 0 Å². The number of benzene rings is 2. The van der Waals surface area contributed by atoms with Crippen LogP contribution in [-0.2, 0) is 22.5 Å². The number of halogens is 1. The monoisotopic (exact) mass is 530 g/mol. The van der Waals surface area contributed by atoms with Crippen LogP contribution < -0.4 is 5.43 Å². The summed E-state index contributed by atoms with van der Waals surface area (Å²) in [6, 6.07) is 8.51. The summed E-state index contributed by atoms with van der Waals surface area (Å²) in [7, 11) is 1.51. The molecule has 2 N–H and O–H groups in total. The van der Waals surface area contributed by atoms with Crippen LogP contribution in [0, 0.1) is 19.7 Å². The van der Waals surface area contributed by atoms with Crippen LogP contribution in [0.5, 0.6) is 0 Å². The Balaban J connectivity index is 2.38. The first kappa shape index (κ1) is 31.4. The molecular weight excluding hydrogens is 487 g/mol. The number of hydrazine groups is 1. The summed E-state index contributed by atoms with van der Waals surface area (Å²) in [6.07, 6.45) is 0.162. The molecule has 8 heteroatoms. The molecule has 2 amide bonds. The first-order valence-electron chi connectivity index (χ1n) is 12.8. The van der Waals surface area contributed by atoms with Gasteiger partial charge in [0.25, 0.3) is 11.8 Å². The summed E-state index contributed by atoms with van der Waals surface area (Å²) in [4.78, 5) is 26.8. The fourth-order valence-electron chi connectivity index (χ4n) is 3.89. The molecule has 0 heterocycles. The fraction of sp³-hybridized carbons (Fsp3) is 0.533. The molecule has 210 valence electrons. The van der Waals surface area contributed by atoms with Gasteiger partial charge in [-0.3, -0.25) is 15.0 Å². The van der Waals surface area contributed by atoms with E-state index < -0.39 is 34.4 Å². The van der Waals surface area contributed by atoms with Crippen LogP contribution in [0.25, 0.3) is 0 Å². The Bertz CT molecular complexity index is 1140. The summed E-state index contributed by atoms with van der Waals surface area (Å²) in [6.45, 7) is 16.3. The van der Waals surface area contributed by atoms with Gasteiger partial charge in [-0.05, 0) is 98.1 Å². The smallest absolute Gasteiger partial charge is 0.272 e. The minimum Gasteiger partial charge on any atom is -0.387 e. The zero-order valence-electron chi connectivity index (χ0n) is 24.4. The predicted molar refractivity (Wildman–Crippen MR) is 146 cm³/mol. The molecule has 0 saturated heterocycles. The third kappa shape index (κ3) is 7.62. The van der Waals surface area contributed by atoms with Crippen molar-refractivity contribution in [1.82, 2.24) is 10.4 Å². The van der Waals surface area contributed by atoms with E-state index in [0.29, 0.717) is 11.1 Å². The van der Waals surface area contributed by atoms with Gasteiger partial charge in [0, 0.05) is 12.7 Å². The van der Waals surface area contributed by atoms with Crippen molar-refractivity contribution in [2.24, 2.45) is 0 Å². The second-order valence-corrected chi connectivity index (χ2v) is 11.8. The average molecular weight is 531 g/mol. The van der Waals surface area contributed by atoms with Gasteiger partial charge in [-0.15, -0.1) is 0 Å². The normalized spacial score (nSPS) is 12.4. The number of rotatable bonds is 9. The zero-order valence-corrected chi connectivity index (χ0v) is 24.4. The lowest BCUT2D eigenvalue weighted by Crippen LogP contribution is -2.56. The first-order chi connectivity index (χ1) is 17.4. The Morgan fingerprint density at radius 3 is 2.08 bits per heavy atom. The van der Waals surface area contributed by atoms with Gasteiger partial charge in [-0.2, -0.15) is 0 Å². The Morgan fingerprint density at radius 2 is 1.58 bits per heavy atom. The lowest BCUT2D eigenvalue weighted by Gasteiger charge is -2.37. The SMILES string of the molecule is COCc1ccc(C(=O)NN(C(=O)c2cc(C)cc(C)c2)C(C)(C)C)c(F)c1CCOC(C)(C)C(C)(C)O. The number of aliphatic hydroxyl groups is 1. The van der Waals surface area contributed by atoms with Crippen molar-refractivity contribution >= 4 is 11.8 Å². The molecule has 0 unspecified atom stereocenters. The maximum atomic E-state index is 15.8. The lowest BCUT2D eigenvalue weighted by molar-refractivity contribution is -0.146. The van der Waals surface area contributed by atoms with E-state index in [-0.39, 0.29) is 30.8 Å². The molecule has 0 saturated carbocycles. The van der Waals surface area contributed by atoms with Crippen LogP contribution in [0.15, 0.2) is 30.3 Å². The second kappa shape index (κ2) is 11.9. The van der Waals surface area contributed by atoms with E-state index in [4.69, 9.17) is 9.47 Å². The zero-order chi connectivity index (χ0) is 29.1. The molecule has 0 atom stereocenters.